The molecule has 3 rings (SSSR count). The number of nitrogens with zero attached hydrogens (tertiary/aromatic N) is 1. The van der Waals surface area contributed by atoms with Gasteiger partial charge in [0.2, 0.25) is 0 Å². The highest BCUT2D eigenvalue weighted by molar-refractivity contribution is 6.20. The van der Waals surface area contributed by atoms with Crippen LogP contribution in [-0.4, -0.2) is 26.0 Å². The first-order chi connectivity index (χ1) is 12.0. The van der Waals surface area contributed by atoms with E-state index < -0.39 is 0 Å². The van der Waals surface area contributed by atoms with Crippen LogP contribution in [0.3, 0.4) is 0 Å². The van der Waals surface area contributed by atoms with Crippen molar-refractivity contribution in [3.63, 3.8) is 0 Å². The van der Waals surface area contributed by atoms with Gasteiger partial charge in [0.15, 0.2) is 0 Å². The molecule has 1 aliphatic rings. The second-order valence-electron chi connectivity index (χ2n) is 5.91. The van der Waals surface area contributed by atoms with Crippen molar-refractivity contribution in [3.05, 3.63) is 64.3 Å². The summed E-state index contributed by atoms with van der Waals surface area (Å²) in [6.45, 7) is 4.06. The van der Waals surface area contributed by atoms with Crippen LogP contribution in [-0.2, 0) is 4.79 Å². The fourth-order valence-corrected chi connectivity index (χ4v) is 2.68. The van der Waals surface area contributed by atoms with Crippen LogP contribution in [0.5, 0.6) is 11.5 Å². The Bertz CT molecular complexity index is 876. The van der Waals surface area contributed by atoms with E-state index in [9.17, 15) is 4.79 Å². The third-order valence-corrected chi connectivity index (χ3v) is 4.04. The lowest BCUT2D eigenvalue weighted by atomic mass is 10.0. The number of aryl methyl sites for hydroxylation is 2. The molecule has 5 heteroatoms. The van der Waals surface area contributed by atoms with Crippen molar-refractivity contribution in [1.82, 2.24) is 5.32 Å². The van der Waals surface area contributed by atoms with Crippen LogP contribution in [0, 0.1) is 13.8 Å². The minimum absolute atomic E-state index is 0.225. The van der Waals surface area contributed by atoms with Gasteiger partial charge in [-0.1, -0.05) is 23.8 Å². The van der Waals surface area contributed by atoms with Crippen molar-refractivity contribution in [1.29, 1.82) is 0 Å². The van der Waals surface area contributed by atoms with E-state index in [1.807, 2.05) is 38.1 Å². The maximum absolute atomic E-state index is 12.3. The Hall–Kier alpha value is -3.08. The van der Waals surface area contributed by atoms with Crippen molar-refractivity contribution in [3.8, 4) is 11.5 Å². The van der Waals surface area contributed by atoms with Gasteiger partial charge < -0.3 is 14.8 Å². The quantitative estimate of drug-likeness (QED) is 0.872. The van der Waals surface area contributed by atoms with E-state index in [1.54, 1.807) is 26.4 Å². The van der Waals surface area contributed by atoms with Gasteiger partial charge in [0, 0.05) is 11.6 Å². The second kappa shape index (κ2) is 6.81. The second-order valence-corrected chi connectivity index (χ2v) is 5.91. The molecule has 1 heterocycles. The number of hydrogen-bond donors (Lipinski definition) is 1. The Morgan fingerprint density at radius 3 is 2.28 bits per heavy atom. The molecule has 1 amide bonds. The SMILES string of the molecule is COc1cc(OC)cc(C2=N/C(=C\c3ccc(C)cc3C)C(=O)N2)c1. The number of nitrogens with one attached hydrogen (secondary N) is 1. The van der Waals surface area contributed by atoms with E-state index >= 15 is 0 Å². The van der Waals surface area contributed by atoms with Crippen molar-refractivity contribution in [2.24, 2.45) is 4.99 Å². The number of carbonyl (C=O) groups is 1. The summed E-state index contributed by atoms with van der Waals surface area (Å²) in [6.07, 6.45) is 1.80. The molecule has 0 unspecified atom stereocenters. The molecule has 0 radical (unpaired) electrons. The zero-order valence-electron chi connectivity index (χ0n) is 14.7. The number of rotatable bonds is 4. The fraction of sp³-hybridized carbons (Fsp3) is 0.200. The van der Waals surface area contributed by atoms with Crippen molar-refractivity contribution >= 4 is 17.8 Å². The molecule has 0 aromatic heterocycles. The molecule has 2 aromatic carbocycles. The molecule has 0 saturated heterocycles. The summed E-state index contributed by atoms with van der Waals surface area (Å²) < 4.78 is 10.5. The van der Waals surface area contributed by atoms with Crippen LogP contribution in [0.4, 0.5) is 0 Å². The summed E-state index contributed by atoms with van der Waals surface area (Å²) in [5.74, 6) is 1.53. The number of aliphatic imine (C=N–C) groups is 1. The molecule has 0 aliphatic carbocycles. The van der Waals surface area contributed by atoms with Crippen LogP contribution in [0.25, 0.3) is 6.08 Å². The highest BCUT2D eigenvalue weighted by atomic mass is 16.5. The van der Waals surface area contributed by atoms with E-state index in [4.69, 9.17) is 9.47 Å². The van der Waals surface area contributed by atoms with E-state index in [0.29, 0.717) is 23.0 Å². The predicted molar refractivity (Wildman–Crippen MR) is 98.1 cm³/mol. The minimum atomic E-state index is -0.225. The average molecular weight is 336 g/mol. The zero-order chi connectivity index (χ0) is 18.0. The summed E-state index contributed by atoms with van der Waals surface area (Å²) >= 11 is 0. The molecule has 0 spiro atoms. The lowest BCUT2D eigenvalue weighted by Crippen LogP contribution is -2.24. The molecular formula is C20H20N2O3. The van der Waals surface area contributed by atoms with Gasteiger partial charge in [-0.15, -0.1) is 0 Å². The number of carbonyl (C=O) groups excluding carboxylic acids is 1. The van der Waals surface area contributed by atoms with Gasteiger partial charge >= 0.3 is 0 Å². The van der Waals surface area contributed by atoms with Gasteiger partial charge in [-0.25, -0.2) is 4.99 Å². The average Bonchev–Trinajstić information content (AvgIpc) is 2.97. The van der Waals surface area contributed by atoms with Crippen molar-refractivity contribution in [2.45, 2.75) is 13.8 Å². The van der Waals surface area contributed by atoms with Crippen LogP contribution >= 0.6 is 0 Å². The van der Waals surface area contributed by atoms with Gasteiger partial charge in [0.05, 0.1) is 14.2 Å². The Kier molecular flexibility index (Phi) is 4.57. The van der Waals surface area contributed by atoms with Crippen LogP contribution < -0.4 is 14.8 Å². The first-order valence-corrected chi connectivity index (χ1v) is 7.92. The normalized spacial score (nSPS) is 15.1. The molecule has 1 aliphatic heterocycles. The number of amides is 1. The smallest absolute Gasteiger partial charge is 0.275 e. The van der Waals surface area contributed by atoms with Crippen molar-refractivity contribution in [2.75, 3.05) is 14.2 Å². The monoisotopic (exact) mass is 336 g/mol. The highest BCUT2D eigenvalue weighted by Gasteiger charge is 2.22. The Morgan fingerprint density at radius 2 is 1.68 bits per heavy atom. The van der Waals surface area contributed by atoms with E-state index in [2.05, 4.69) is 16.4 Å². The lowest BCUT2D eigenvalue weighted by Gasteiger charge is -2.08. The van der Waals surface area contributed by atoms with E-state index in [1.165, 1.54) is 5.56 Å². The zero-order valence-corrected chi connectivity index (χ0v) is 14.7. The molecule has 0 saturated carbocycles. The number of hydrogen-bond acceptors (Lipinski definition) is 4. The van der Waals surface area contributed by atoms with Crippen LogP contribution in [0.2, 0.25) is 0 Å². The third kappa shape index (κ3) is 3.55. The highest BCUT2D eigenvalue weighted by Crippen LogP contribution is 2.25. The molecule has 2 aromatic rings. The summed E-state index contributed by atoms with van der Waals surface area (Å²) in [4.78, 5) is 16.7. The fourth-order valence-electron chi connectivity index (χ4n) is 2.68. The predicted octanol–water partition coefficient (Wildman–Crippen LogP) is 3.24. The molecule has 128 valence electrons. The molecule has 1 N–H and O–H groups in total. The first-order valence-electron chi connectivity index (χ1n) is 7.92. The standard InChI is InChI=1S/C20H20N2O3/c1-12-5-6-14(13(2)7-12)10-18-20(23)22-19(21-18)15-8-16(24-3)11-17(9-15)25-4/h5-11H,1-4H3,(H,21,22,23)/b18-10-. The van der Waals surface area contributed by atoms with E-state index in [-0.39, 0.29) is 5.91 Å². The van der Waals surface area contributed by atoms with Gasteiger partial charge in [-0.05, 0) is 43.2 Å². The molecular weight excluding hydrogens is 316 g/mol. The van der Waals surface area contributed by atoms with Crippen LogP contribution in [0.1, 0.15) is 22.3 Å². The molecule has 25 heavy (non-hydrogen) atoms. The summed E-state index contributed by atoms with van der Waals surface area (Å²) in [5, 5.41) is 2.81. The number of ether oxygens (including phenoxy) is 2. The van der Waals surface area contributed by atoms with Gasteiger partial charge in [-0.2, -0.15) is 0 Å². The van der Waals surface area contributed by atoms with E-state index in [0.717, 1.165) is 16.7 Å². The van der Waals surface area contributed by atoms with Gasteiger partial charge in [-0.3, -0.25) is 4.79 Å². The number of benzene rings is 2. The Morgan fingerprint density at radius 1 is 1.00 bits per heavy atom. The van der Waals surface area contributed by atoms with Gasteiger partial charge in [0.1, 0.15) is 23.0 Å². The molecule has 5 nitrogen and oxygen atoms in total. The minimum Gasteiger partial charge on any atom is -0.497 e. The molecule has 0 atom stereocenters. The maximum atomic E-state index is 12.3. The Balaban J connectivity index is 1.99. The van der Waals surface area contributed by atoms with Crippen LogP contribution in [0.15, 0.2) is 47.1 Å². The summed E-state index contributed by atoms with van der Waals surface area (Å²) in [6, 6.07) is 11.5. The Labute approximate surface area is 147 Å². The number of methoxy groups -OCH3 is 2. The number of amidine groups is 1. The topological polar surface area (TPSA) is 59.9 Å². The van der Waals surface area contributed by atoms with Crippen molar-refractivity contribution < 1.29 is 14.3 Å². The largest absolute Gasteiger partial charge is 0.497 e. The third-order valence-electron chi connectivity index (χ3n) is 4.04. The molecule has 0 bridgehead atoms. The summed E-state index contributed by atoms with van der Waals surface area (Å²) in [7, 11) is 3.16. The summed E-state index contributed by atoms with van der Waals surface area (Å²) in [5.41, 5.74) is 4.37. The van der Waals surface area contributed by atoms with Gasteiger partial charge in [0.25, 0.3) is 5.91 Å². The maximum Gasteiger partial charge on any atom is 0.275 e. The lowest BCUT2D eigenvalue weighted by molar-refractivity contribution is -0.115. The first kappa shape index (κ1) is 16.8. The molecule has 0 fully saturated rings.